The molecule has 20 heavy (non-hydrogen) atoms. The monoisotopic (exact) mass is 340 g/mol. The van der Waals surface area contributed by atoms with Crippen molar-refractivity contribution in [1.29, 1.82) is 0 Å². The zero-order valence-corrected chi connectivity index (χ0v) is 12.9. The first-order valence-corrected chi connectivity index (χ1v) is 7.33. The van der Waals surface area contributed by atoms with Crippen LogP contribution in [-0.4, -0.2) is 36.0 Å². The van der Waals surface area contributed by atoms with E-state index >= 15 is 0 Å². The number of esters is 1. The van der Waals surface area contributed by atoms with E-state index in [-0.39, 0.29) is 24.5 Å². The van der Waals surface area contributed by atoms with Gasteiger partial charge in [-0.1, -0.05) is 15.9 Å². The first-order chi connectivity index (χ1) is 9.51. The summed E-state index contributed by atoms with van der Waals surface area (Å²) >= 11 is 3.32. The molecule has 2 N–H and O–H groups in total. The molecule has 0 aromatic heterocycles. The van der Waals surface area contributed by atoms with Crippen LogP contribution < -0.4 is 5.73 Å². The quantitative estimate of drug-likeness (QED) is 0.658. The van der Waals surface area contributed by atoms with Crippen molar-refractivity contribution in [2.45, 2.75) is 25.8 Å². The topological polar surface area (TPSA) is 72.6 Å². The Bertz CT molecular complexity index is 509. The number of carbonyl (C=O) groups excluding carboxylic acids is 2. The fourth-order valence-corrected chi connectivity index (χ4v) is 2.51. The van der Waals surface area contributed by atoms with E-state index in [2.05, 4.69) is 15.9 Å². The lowest BCUT2D eigenvalue weighted by Gasteiger charge is -2.21. The average molecular weight is 341 g/mol. The zero-order chi connectivity index (χ0) is 14.7. The van der Waals surface area contributed by atoms with Crippen LogP contribution in [0.25, 0.3) is 0 Å². The minimum absolute atomic E-state index is 0.0102. The van der Waals surface area contributed by atoms with Gasteiger partial charge in [0, 0.05) is 21.8 Å². The van der Waals surface area contributed by atoms with E-state index < -0.39 is 0 Å². The zero-order valence-electron chi connectivity index (χ0n) is 11.3. The van der Waals surface area contributed by atoms with Crippen molar-refractivity contribution >= 4 is 33.5 Å². The molecule has 0 bridgehead atoms. The summed E-state index contributed by atoms with van der Waals surface area (Å²) in [5, 5.41) is 0. The number of ether oxygens (including phenoxy) is 1. The van der Waals surface area contributed by atoms with Gasteiger partial charge in [-0.2, -0.15) is 0 Å². The molecule has 0 saturated heterocycles. The van der Waals surface area contributed by atoms with Crippen molar-refractivity contribution in [3.8, 4) is 0 Å². The van der Waals surface area contributed by atoms with Gasteiger partial charge >= 0.3 is 5.97 Å². The van der Waals surface area contributed by atoms with Gasteiger partial charge in [0.2, 0.25) is 0 Å². The summed E-state index contributed by atoms with van der Waals surface area (Å²) in [6.07, 6.45) is 1.85. The van der Waals surface area contributed by atoms with Crippen molar-refractivity contribution in [3.63, 3.8) is 0 Å². The maximum atomic E-state index is 12.5. The van der Waals surface area contributed by atoms with E-state index in [1.54, 1.807) is 30.0 Å². The molecule has 0 atom stereocenters. The standard InChI is InChI=1S/C14H17BrN2O3/c1-2-20-13(18)8-17(12-3-4-12)14(19)9-5-10(15)7-11(16)6-9/h5-7,12H,2-4,8,16H2,1H3. The lowest BCUT2D eigenvalue weighted by molar-refractivity contribution is -0.144. The predicted molar refractivity (Wildman–Crippen MR) is 79.2 cm³/mol. The lowest BCUT2D eigenvalue weighted by atomic mass is 10.1. The maximum Gasteiger partial charge on any atom is 0.325 e. The number of amides is 1. The summed E-state index contributed by atoms with van der Waals surface area (Å²) in [5.74, 6) is -0.565. The van der Waals surface area contributed by atoms with Crippen molar-refractivity contribution < 1.29 is 14.3 Å². The minimum Gasteiger partial charge on any atom is -0.465 e. The van der Waals surface area contributed by atoms with E-state index in [4.69, 9.17) is 10.5 Å². The Balaban J connectivity index is 2.16. The summed E-state index contributed by atoms with van der Waals surface area (Å²) in [6, 6.07) is 5.18. The number of rotatable bonds is 5. The summed E-state index contributed by atoms with van der Waals surface area (Å²) in [4.78, 5) is 25.7. The normalized spacial score (nSPS) is 13.9. The second kappa shape index (κ2) is 6.26. The second-order valence-corrected chi connectivity index (χ2v) is 5.66. The average Bonchev–Trinajstić information content (AvgIpc) is 3.18. The Labute approximate surface area is 126 Å². The summed E-state index contributed by atoms with van der Waals surface area (Å²) < 4.78 is 5.66. The van der Waals surface area contributed by atoms with Gasteiger partial charge in [0.05, 0.1) is 6.61 Å². The molecule has 0 unspecified atom stereocenters. The van der Waals surface area contributed by atoms with Gasteiger partial charge < -0.3 is 15.4 Å². The third-order valence-corrected chi connectivity index (χ3v) is 3.48. The van der Waals surface area contributed by atoms with Crippen LogP contribution in [0.5, 0.6) is 0 Å². The number of nitrogen functional groups attached to an aromatic ring is 1. The van der Waals surface area contributed by atoms with Gasteiger partial charge in [-0.05, 0) is 38.0 Å². The van der Waals surface area contributed by atoms with E-state index in [1.807, 2.05) is 0 Å². The van der Waals surface area contributed by atoms with Gasteiger partial charge in [-0.3, -0.25) is 9.59 Å². The molecule has 0 aliphatic heterocycles. The first-order valence-electron chi connectivity index (χ1n) is 6.54. The van der Waals surface area contributed by atoms with Crippen molar-refractivity contribution in [2.24, 2.45) is 0 Å². The fourth-order valence-electron chi connectivity index (χ4n) is 2.00. The molecule has 5 nitrogen and oxygen atoms in total. The van der Waals surface area contributed by atoms with E-state index in [0.717, 1.165) is 17.3 Å². The molecule has 1 saturated carbocycles. The number of nitrogens with zero attached hydrogens (tertiary/aromatic N) is 1. The van der Waals surface area contributed by atoms with Crippen LogP contribution in [-0.2, 0) is 9.53 Å². The van der Waals surface area contributed by atoms with Crippen molar-refractivity contribution in [2.75, 3.05) is 18.9 Å². The fraction of sp³-hybridized carbons (Fsp3) is 0.429. The largest absolute Gasteiger partial charge is 0.465 e. The molecule has 1 amide bonds. The predicted octanol–water partition coefficient (Wildman–Crippen LogP) is 2.20. The van der Waals surface area contributed by atoms with Gasteiger partial charge in [-0.15, -0.1) is 0 Å². The van der Waals surface area contributed by atoms with Gasteiger partial charge in [-0.25, -0.2) is 0 Å². The highest BCUT2D eigenvalue weighted by Crippen LogP contribution is 2.29. The Morgan fingerprint density at radius 2 is 2.10 bits per heavy atom. The summed E-state index contributed by atoms with van der Waals surface area (Å²) in [7, 11) is 0. The molecule has 0 spiro atoms. The Morgan fingerprint density at radius 3 is 2.65 bits per heavy atom. The highest BCUT2D eigenvalue weighted by molar-refractivity contribution is 9.10. The molecular weight excluding hydrogens is 324 g/mol. The summed E-state index contributed by atoms with van der Waals surface area (Å²) in [5.41, 5.74) is 6.73. The Kier molecular flexibility index (Phi) is 4.65. The molecule has 1 aliphatic carbocycles. The number of anilines is 1. The highest BCUT2D eigenvalue weighted by Gasteiger charge is 2.34. The van der Waals surface area contributed by atoms with Crippen LogP contribution in [0.1, 0.15) is 30.1 Å². The van der Waals surface area contributed by atoms with Gasteiger partial charge in [0.25, 0.3) is 5.91 Å². The molecule has 1 aliphatic rings. The van der Waals surface area contributed by atoms with Crippen LogP contribution in [0.15, 0.2) is 22.7 Å². The second-order valence-electron chi connectivity index (χ2n) is 4.74. The van der Waals surface area contributed by atoms with Gasteiger partial charge in [0.1, 0.15) is 6.54 Å². The number of hydrogen-bond acceptors (Lipinski definition) is 4. The molecule has 1 fully saturated rings. The number of halogens is 1. The van der Waals surface area contributed by atoms with Gasteiger partial charge in [0.15, 0.2) is 0 Å². The van der Waals surface area contributed by atoms with Crippen LogP contribution in [0.3, 0.4) is 0 Å². The molecule has 1 aromatic carbocycles. The molecular formula is C14H17BrN2O3. The molecule has 0 radical (unpaired) electrons. The first kappa shape index (κ1) is 14.8. The third kappa shape index (κ3) is 3.72. The van der Waals surface area contributed by atoms with E-state index in [9.17, 15) is 9.59 Å². The SMILES string of the molecule is CCOC(=O)CN(C(=O)c1cc(N)cc(Br)c1)C1CC1. The number of nitrogens with two attached hydrogens (primary N) is 1. The molecule has 6 heteroatoms. The van der Waals surface area contributed by atoms with E-state index in [0.29, 0.717) is 17.9 Å². The summed E-state index contributed by atoms with van der Waals surface area (Å²) in [6.45, 7) is 2.05. The lowest BCUT2D eigenvalue weighted by Crippen LogP contribution is -2.38. The molecule has 1 aromatic rings. The smallest absolute Gasteiger partial charge is 0.325 e. The van der Waals surface area contributed by atoms with Crippen molar-refractivity contribution in [1.82, 2.24) is 4.90 Å². The number of hydrogen-bond donors (Lipinski definition) is 1. The number of benzene rings is 1. The third-order valence-electron chi connectivity index (χ3n) is 3.02. The van der Waals surface area contributed by atoms with Crippen LogP contribution in [0.2, 0.25) is 0 Å². The molecule has 2 rings (SSSR count). The van der Waals surface area contributed by atoms with Crippen LogP contribution in [0, 0.1) is 0 Å². The Hall–Kier alpha value is -1.56. The minimum atomic E-state index is -0.379. The molecule has 108 valence electrons. The number of carbonyl (C=O) groups is 2. The Morgan fingerprint density at radius 1 is 1.40 bits per heavy atom. The maximum absolute atomic E-state index is 12.5. The van der Waals surface area contributed by atoms with Crippen molar-refractivity contribution in [3.05, 3.63) is 28.2 Å². The highest BCUT2D eigenvalue weighted by atomic mass is 79.9. The van der Waals surface area contributed by atoms with E-state index in [1.165, 1.54) is 0 Å². The van der Waals surface area contributed by atoms with Crippen LogP contribution >= 0.6 is 15.9 Å². The van der Waals surface area contributed by atoms with Crippen LogP contribution in [0.4, 0.5) is 5.69 Å². The molecule has 0 heterocycles.